The molecule has 0 spiro atoms. The fourth-order valence-corrected chi connectivity index (χ4v) is 7.36. The molecule has 0 aromatic heterocycles. The molecule has 0 aliphatic carbocycles. The Morgan fingerprint density at radius 1 is 0.595 bits per heavy atom. The van der Waals surface area contributed by atoms with Crippen molar-refractivity contribution in [1.82, 2.24) is 0 Å². The van der Waals surface area contributed by atoms with Gasteiger partial charge in [0.1, 0.15) is 0 Å². The van der Waals surface area contributed by atoms with Crippen molar-refractivity contribution in [2.45, 2.75) is 180 Å². The molecule has 0 fully saturated rings. The lowest BCUT2D eigenvalue weighted by Gasteiger charge is -2.47. The zero-order valence-electron chi connectivity index (χ0n) is 28.7. The summed E-state index contributed by atoms with van der Waals surface area (Å²) in [5.41, 5.74) is 1.53. The molecule has 0 heterocycles. The van der Waals surface area contributed by atoms with Crippen LogP contribution in [-0.4, -0.2) is 0 Å². The van der Waals surface area contributed by atoms with Crippen LogP contribution in [-0.2, 0) is 0 Å². The molecule has 0 aromatic carbocycles. The van der Waals surface area contributed by atoms with Crippen LogP contribution in [0.3, 0.4) is 0 Å². The normalized spacial score (nSPS) is 20.4. The smallest absolute Gasteiger partial charge is 0.00929 e. The highest BCUT2D eigenvalue weighted by Gasteiger charge is 2.41. The number of allylic oxidation sites excluding steroid dienone is 2. The molecule has 0 radical (unpaired) electrons. The molecule has 0 nitrogen and oxygen atoms in total. The average molecular weight is 519 g/mol. The molecule has 0 heteroatoms. The van der Waals surface area contributed by atoms with Gasteiger partial charge in [-0.05, 0) is 90.8 Å². The van der Waals surface area contributed by atoms with Crippen molar-refractivity contribution in [2.75, 3.05) is 0 Å². The van der Waals surface area contributed by atoms with Crippen LogP contribution in [0, 0.1) is 45.3 Å². The molecule has 222 valence electrons. The lowest BCUT2D eigenvalue weighted by Crippen LogP contribution is -2.37. The average Bonchev–Trinajstić information content (AvgIpc) is 2.79. The van der Waals surface area contributed by atoms with E-state index in [0.717, 1.165) is 23.7 Å². The maximum absolute atomic E-state index is 2.57. The Balaban J connectivity index is 5.32. The minimum absolute atomic E-state index is 0.243. The van der Waals surface area contributed by atoms with Crippen molar-refractivity contribution >= 4 is 0 Å². The second-order valence-corrected chi connectivity index (χ2v) is 15.9. The second kappa shape index (κ2) is 16.8. The third-order valence-corrected chi connectivity index (χ3v) is 10.7. The molecule has 0 saturated heterocycles. The summed E-state index contributed by atoms with van der Waals surface area (Å²) in [6, 6.07) is 0. The summed E-state index contributed by atoms with van der Waals surface area (Å²) in [5, 5.41) is 0. The molecule has 0 amide bonds. The van der Waals surface area contributed by atoms with Gasteiger partial charge in [0.05, 0.1) is 0 Å². The minimum atomic E-state index is 0.243. The van der Waals surface area contributed by atoms with Crippen LogP contribution in [0.25, 0.3) is 0 Å². The number of unbranched alkanes of at least 4 members (excludes halogenated alkanes) is 1. The highest BCUT2D eigenvalue weighted by atomic mass is 14.5. The lowest BCUT2D eigenvalue weighted by molar-refractivity contribution is 0.0649. The number of hydrogen-bond acceptors (Lipinski definition) is 0. The van der Waals surface area contributed by atoms with E-state index in [2.05, 4.69) is 109 Å². The lowest BCUT2D eigenvalue weighted by atomic mass is 9.58. The zero-order valence-corrected chi connectivity index (χ0v) is 28.7. The molecule has 0 saturated carbocycles. The van der Waals surface area contributed by atoms with Crippen LogP contribution in [0.5, 0.6) is 0 Å². The van der Waals surface area contributed by atoms with Crippen LogP contribution < -0.4 is 0 Å². The summed E-state index contributed by atoms with van der Waals surface area (Å²) in [5.74, 6) is 3.20. The Morgan fingerprint density at radius 2 is 1.08 bits per heavy atom. The van der Waals surface area contributed by atoms with Crippen LogP contribution in [0.15, 0.2) is 12.2 Å². The fourth-order valence-electron chi connectivity index (χ4n) is 7.36. The van der Waals surface area contributed by atoms with E-state index in [4.69, 9.17) is 0 Å². The molecule has 0 N–H and O–H groups in total. The summed E-state index contributed by atoms with van der Waals surface area (Å²) in [6.07, 6.45) is 22.5. The predicted octanol–water partition coefficient (Wildman–Crippen LogP) is 13.3. The van der Waals surface area contributed by atoms with Crippen molar-refractivity contribution in [1.29, 1.82) is 0 Å². The Kier molecular flexibility index (Phi) is 16.6. The Morgan fingerprint density at radius 3 is 1.54 bits per heavy atom. The molecule has 0 aliphatic heterocycles. The van der Waals surface area contributed by atoms with Crippen molar-refractivity contribution in [3.8, 4) is 0 Å². The number of hydrogen-bond donors (Lipinski definition) is 0. The third-order valence-electron chi connectivity index (χ3n) is 10.7. The van der Waals surface area contributed by atoms with Gasteiger partial charge in [-0.15, -0.1) is 0 Å². The third kappa shape index (κ3) is 13.6. The largest absolute Gasteiger partial charge is 0.0911 e. The van der Waals surface area contributed by atoms with Gasteiger partial charge in [-0.1, -0.05) is 147 Å². The van der Waals surface area contributed by atoms with Crippen molar-refractivity contribution in [3.63, 3.8) is 0 Å². The summed E-state index contributed by atoms with van der Waals surface area (Å²) in [7, 11) is 0. The van der Waals surface area contributed by atoms with Crippen molar-refractivity contribution in [3.05, 3.63) is 12.2 Å². The van der Waals surface area contributed by atoms with Gasteiger partial charge in [-0.2, -0.15) is 0 Å². The minimum Gasteiger partial charge on any atom is -0.0911 e. The van der Waals surface area contributed by atoms with E-state index in [9.17, 15) is 0 Å². The predicted molar refractivity (Wildman–Crippen MR) is 172 cm³/mol. The van der Waals surface area contributed by atoms with E-state index in [1.807, 2.05) is 0 Å². The highest BCUT2D eigenvalue weighted by molar-refractivity contribution is 5.05. The molecule has 6 unspecified atom stereocenters. The van der Waals surface area contributed by atoms with Crippen LogP contribution in [0.2, 0.25) is 0 Å². The van der Waals surface area contributed by atoms with E-state index < -0.39 is 0 Å². The maximum Gasteiger partial charge on any atom is -0.00929 e. The summed E-state index contributed by atoms with van der Waals surface area (Å²) in [6.45, 7) is 34.6. The van der Waals surface area contributed by atoms with Gasteiger partial charge in [0.25, 0.3) is 0 Å². The topological polar surface area (TPSA) is 0 Å². The molecule has 37 heavy (non-hydrogen) atoms. The molecule has 6 atom stereocenters. The fraction of sp³-hybridized carbons (Fsp3) is 0.946. The van der Waals surface area contributed by atoms with Gasteiger partial charge in [0, 0.05) is 0 Å². The van der Waals surface area contributed by atoms with E-state index in [1.54, 1.807) is 0 Å². The van der Waals surface area contributed by atoms with Gasteiger partial charge >= 0.3 is 0 Å². The summed E-state index contributed by atoms with van der Waals surface area (Å²) in [4.78, 5) is 0. The monoisotopic (exact) mass is 519 g/mol. The molecular weight excluding hydrogens is 444 g/mol. The Labute approximate surface area is 237 Å². The van der Waals surface area contributed by atoms with E-state index in [0.29, 0.717) is 16.2 Å². The molecule has 0 rings (SSSR count). The van der Waals surface area contributed by atoms with Crippen molar-refractivity contribution < 1.29 is 0 Å². The molecular formula is C37H74. The van der Waals surface area contributed by atoms with Crippen LogP contribution in [0.1, 0.15) is 180 Å². The Hall–Kier alpha value is -0.260. The quantitative estimate of drug-likeness (QED) is 0.132. The number of rotatable bonds is 21. The van der Waals surface area contributed by atoms with Gasteiger partial charge < -0.3 is 0 Å². The molecule has 0 aliphatic rings. The first kappa shape index (κ1) is 36.7. The maximum atomic E-state index is 2.57. The summed E-state index contributed by atoms with van der Waals surface area (Å²) < 4.78 is 0. The standard InChI is InChI=1S/C37H74/c1-15-19-20-31(7)27-36(13,18-4)25-22-32(8)29-37(14,23-16-2)34(10,11)26-33(9)28-35(12,17-3)24-21-30(5)6/h16,23,30-33H,15,17-22,24-29H2,1-14H3. The molecule has 0 aromatic rings. The van der Waals surface area contributed by atoms with E-state index in [1.165, 1.54) is 83.5 Å². The van der Waals surface area contributed by atoms with Crippen LogP contribution >= 0.6 is 0 Å². The molecule has 0 bridgehead atoms. The second-order valence-electron chi connectivity index (χ2n) is 15.9. The van der Waals surface area contributed by atoms with Crippen molar-refractivity contribution in [2.24, 2.45) is 45.3 Å². The van der Waals surface area contributed by atoms with Gasteiger partial charge in [0.15, 0.2) is 0 Å². The van der Waals surface area contributed by atoms with Crippen LogP contribution in [0.4, 0.5) is 0 Å². The first-order chi connectivity index (χ1) is 17.0. The van der Waals surface area contributed by atoms with E-state index >= 15 is 0 Å². The first-order valence-electron chi connectivity index (χ1n) is 16.6. The summed E-state index contributed by atoms with van der Waals surface area (Å²) >= 11 is 0. The SMILES string of the molecule is CC=CC(C)(CC(C)CCC(C)(CC)CC(C)CCCC)C(C)(C)CC(C)CC(C)(CC)CCC(C)C. The zero-order chi connectivity index (χ0) is 28.9. The van der Waals surface area contributed by atoms with E-state index in [-0.39, 0.29) is 5.41 Å². The van der Waals surface area contributed by atoms with Gasteiger partial charge in [0.2, 0.25) is 0 Å². The first-order valence-corrected chi connectivity index (χ1v) is 16.6. The van der Waals surface area contributed by atoms with Gasteiger partial charge in [-0.3, -0.25) is 0 Å². The highest BCUT2D eigenvalue weighted by Crippen LogP contribution is 2.51. The van der Waals surface area contributed by atoms with Gasteiger partial charge in [-0.25, -0.2) is 0 Å². The Bertz CT molecular complexity index is 612.